The lowest BCUT2D eigenvalue weighted by molar-refractivity contribution is 0.0990. The van der Waals surface area contributed by atoms with Gasteiger partial charge in [0.15, 0.2) is 0 Å². The number of nitriles is 1. The van der Waals surface area contributed by atoms with E-state index in [4.69, 9.17) is 16.9 Å². The zero-order valence-corrected chi connectivity index (χ0v) is 10.8. The van der Waals surface area contributed by atoms with E-state index in [9.17, 15) is 4.79 Å². The number of nitrogens with zero attached hydrogens (tertiary/aromatic N) is 2. The first-order chi connectivity index (χ1) is 9.22. The van der Waals surface area contributed by atoms with Crippen LogP contribution >= 0.6 is 11.6 Å². The molecule has 0 bridgehead atoms. The summed E-state index contributed by atoms with van der Waals surface area (Å²) in [5, 5.41) is 9.37. The van der Waals surface area contributed by atoms with Crippen LogP contribution < -0.4 is 4.90 Å². The molecule has 94 valence electrons. The van der Waals surface area contributed by atoms with E-state index in [0.717, 1.165) is 0 Å². The van der Waals surface area contributed by atoms with Gasteiger partial charge in [0.05, 0.1) is 6.07 Å². The number of hydrogen-bond acceptors (Lipinski definition) is 2. The van der Waals surface area contributed by atoms with Crippen molar-refractivity contribution in [1.29, 1.82) is 5.26 Å². The van der Waals surface area contributed by atoms with Gasteiger partial charge in [0, 0.05) is 16.3 Å². The molecule has 0 atom stereocenters. The molecule has 0 saturated carbocycles. The fourth-order valence-electron chi connectivity index (χ4n) is 1.74. The van der Waals surface area contributed by atoms with Crippen molar-refractivity contribution in [3.63, 3.8) is 0 Å². The fourth-order valence-corrected chi connectivity index (χ4v) is 1.93. The number of carbonyl (C=O) groups excluding carboxylic acids is 1. The third kappa shape index (κ3) is 3.12. The van der Waals surface area contributed by atoms with Gasteiger partial charge < -0.3 is 0 Å². The van der Waals surface area contributed by atoms with E-state index in [1.807, 2.05) is 24.3 Å². The Morgan fingerprint density at radius 2 is 1.89 bits per heavy atom. The average molecular weight is 271 g/mol. The van der Waals surface area contributed by atoms with Gasteiger partial charge in [0.2, 0.25) is 0 Å². The predicted octanol–water partition coefficient (Wildman–Crippen LogP) is 3.51. The van der Waals surface area contributed by atoms with E-state index in [-0.39, 0.29) is 12.5 Å². The maximum Gasteiger partial charge on any atom is 0.259 e. The third-order valence-electron chi connectivity index (χ3n) is 2.61. The zero-order chi connectivity index (χ0) is 13.7. The van der Waals surface area contributed by atoms with Crippen molar-refractivity contribution < 1.29 is 4.79 Å². The number of halogens is 1. The summed E-state index contributed by atoms with van der Waals surface area (Å²) >= 11 is 5.88. The molecule has 0 fully saturated rings. The third-order valence-corrected chi connectivity index (χ3v) is 2.85. The first-order valence-electron chi connectivity index (χ1n) is 5.72. The van der Waals surface area contributed by atoms with Gasteiger partial charge in [-0.05, 0) is 30.3 Å². The second-order valence-corrected chi connectivity index (χ2v) is 4.33. The summed E-state index contributed by atoms with van der Waals surface area (Å²) in [6, 6.07) is 17.8. The fraction of sp³-hybridized carbons (Fsp3) is 0.0667. The number of amides is 1. The number of para-hydroxylation sites is 1. The molecule has 0 aliphatic heterocycles. The summed E-state index contributed by atoms with van der Waals surface area (Å²) in [4.78, 5) is 13.8. The Labute approximate surface area is 116 Å². The minimum atomic E-state index is -0.241. The molecule has 19 heavy (non-hydrogen) atoms. The van der Waals surface area contributed by atoms with Crippen LogP contribution in [-0.2, 0) is 0 Å². The summed E-state index contributed by atoms with van der Waals surface area (Å²) in [5.41, 5.74) is 1.15. The molecule has 0 radical (unpaired) electrons. The van der Waals surface area contributed by atoms with Crippen LogP contribution in [0.2, 0.25) is 5.02 Å². The van der Waals surface area contributed by atoms with Crippen molar-refractivity contribution >= 4 is 23.2 Å². The van der Waals surface area contributed by atoms with Crippen molar-refractivity contribution in [1.82, 2.24) is 0 Å². The number of rotatable bonds is 3. The Morgan fingerprint density at radius 3 is 2.53 bits per heavy atom. The van der Waals surface area contributed by atoms with E-state index in [1.54, 1.807) is 36.4 Å². The molecule has 0 spiro atoms. The molecular weight excluding hydrogens is 260 g/mol. The van der Waals surface area contributed by atoms with Crippen molar-refractivity contribution in [2.24, 2.45) is 0 Å². The van der Waals surface area contributed by atoms with E-state index in [0.29, 0.717) is 16.3 Å². The number of hydrogen-bond donors (Lipinski definition) is 0. The normalized spacial score (nSPS) is 9.68. The van der Waals surface area contributed by atoms with Crippen molar-refractivity contribution in [2.45, 2.75) is 0 Å². The Balaban J connectivity index is 2.35. The SMILES string of the molecule is N#CCN(C(=O)c1cccc(Cl)c1)c1ccccc1. The van der Waals surface area contributed by atoms with Gasteiger partial charge in [0.1, 0.15) is 6.54 Å². The van der Waals surface area contributed by atoms with Crippen molar-refractivity contribution in [3.05, 3.63) is 65.2 Å². The quantitative estimate of drug-likeness (QED) is 0.801. The Bertz CT molecular complexity index is 620. The van der Waals surface area contributed by atoms with Crippen LogP contribution in [0.15, 0.2) is 54.6 Å². The lowest BCUT2D eigenvalue weighted by atomic mass is 10.2. The van der Waals surface area contributed by atoms with E-state index in [1.165, 1.54) is 4.90 Å². The molecule has 2 aromatic rings. The van der Waals surface area contributed by atoms with Crippen LogP contribution in [0.1, 0.15) is 10.4 Å². The largest absolute Gasteiger partial charge is 0.295 e. The molecule has 0 aromatic heterocycles. The molecule has 3 nitrogen and oxygen atoms in total. The lowest BCUT2D eigenvalue weighted by Gasteiger charge is -2.19. The molecule has 0 unspecified atom stereocenters. The summed E-state index contributed by atoms with van der Waals surface area (Å²) in [7, 11) is 0. The molecule has 0 saturated heterocycles. The zero-order valence-electron chi connectivity index (χ0n) is 10.1. The number of benzene rings is 2. The monoisotopic (exact) mass is 270 g/mol. The number of carbonyl (C=O) groups is 1. The van der Waals surface area contributed by atoms with Gasteiger partial charge in [-0.25, -0.2) is 0 Å². The first-order valence-corrected chi connectivity index (χ1v) is 6.09. The van der Waals surface area contributed by atoms with Crippen molar-refractivity contribution in [2.75, 3.05) is 11.4 Å². The molecule has 1 amide bonds. The maximum atomic E-state index is 12.4. The van der Waals surface area contributed by atoms with Crippen molar-refractivity contribution in [3.8, 4) is 6.07 Å². The predicted molar refractivity (Wildman–Crippen MR) is 75.2 cm³/mol. The van der Waals surface area contributed by atoms with Crippen LogP contribution in [0.4, 0.5) is 5.69 Å². The standard InChI is InChI=1S/C15H11ClN2O/c16-13-6-4-5-12(11-13)15(19)18(10-9-17)14-7-2-1-3-8-14/h1-8,11H,10H2. The summed E-state index contributed by atoms with van der Waals surface area (Å²) < 4.78 is 0. The summed E-state index contributed by atoms with van der Waals surface area (Å²) in [6.07, 6.45) is 0. The minimum Gasteiger partial charge on any atom is -0.295 e. The van der Waals surface area contributed by atoms with E-state index in [2.05, 4.69) is 0 Å². The Kier molecular flexibility index (Phi) is 4.17. The first kappa shape index (κ1) is 13.1. The number of anilines is 1. The highest BCUT2D eigenvalue weighted by Crippen LogP contribution is 2.18. The molecule has 2 aromatic carbocycles. The molecule has 0 aliphatic rings. The molecule has 0 aliphatic carbocycles. The maximum absolute atomic E-state index is 12.4. The van der Waals surface area contributed by atoms with Gasteiger partial charge in [-0.15, -0.1) is 0 Å². The molecular formula is C15H11ClN2O. The van der Waals surface area contributed by atoms with E-state index >= 15 is 0 Å². The molecule has 4 heteroatoms. The Morgan fingerprint density at radius 1 is 1.16 bits per heavy atom. The highest BCUT2D eigenvalue weighted by molar-refractivity contribution is 6.31. The molecule has 0 N–H and O–H groups in total. The summed E-state index contributed by atoms with van der Waals surface area (Å²) in [6.45, 7) is -0.00460. The van der Waals surface area contributed by atoms with Crippen LogP contribution in [0.5, 0.6) is 0 Å². The highest BCUT2D eigenvalue weighted by Gasteiger charge is 2.17. The lowest BCUT2D eigenvalue weighted by Crippen LogP contribution is -2.31. The Hall–Kier alpha value is -2.31. The molecule has 0 heterocycles. The van der Waals surface area contributed by atoms with Crippen LogP contribution in [0.3, 0.4) is 0 Å². The minimum absolute atomic E-state index is 0.00460. The highest BCUT2D eigenvalue weighted by atomic mass is 35.5. The van der Waals surface area contributed by atoms with Gasteiger partial charge in [-0.1, -0.05) is 35.9 Å². The van der Waals surface area contributed by atoms with Crippen LogP contribution in [0.25, 0.3) is 0 Å². The average Bonchev–Trinajstić information content (AvgIpc) is 2.45. The van der Waals surface area contributed by atoms with Crippen LogP contribution in [0, 0.1) is 11.3 Å². The van der Waals surface area contributed by atoms with E-state index < -0.39 is 0 Å². The molecule has 2 rings (SSSR count). The van der Waals surface area contributed by atoms with Gasteiger partial charge >= 0.3 is 0 Å². The van der Waals surface area contributed by atoms with Gasteiger partial charge in [0.25, 0.3) is 5.91 Å². The second kappa shape index (κ2) is 6.03. The van der Waals surface area contributed by atoms with Crippen LogP contribution in [-0.4, -0.2) is 12.5 Å². The van der Waals surface area contributed by atoms with Gasteiger partial charge in [-0.2, -0.15) is 5.26 Å². The summed E-state index contributed by atoms with van der Waals surface area (Å²) in [5.74, 6) is -0.241. The smallest absolute Gasteiger partial charge is 0.259 e. The van der Waals surface area contributed by atoms with Gasteiger partial charge in [-0.3, -0.25) is 9.69 Å². The second-order valence-electron chi connectivity index (χ2n) is 3.90. The topological polar surface area (TPSA) is 44.1 Å².